The van der Waals surface area contributed by atoms with Gasteiger partial charge in [0.1, 0.15) is 11.5 Å². The van der Waals surface area contributed by atoms with E-state index in [4.69, 9.17) is 21.4 Å². The third-order valence-electron chi connectivity index (χ3n) is 5.12. The molecule has 0 unspecified atom stereocenters. The zero-order chi connectivity index (χ0) is 24.5. The highest BCUT2D eigenvalue weighted by Gasteiger charge is 2.09. The smallest absolute Gasteiger partial charge is 0.335 e. The van der Waals surface area contributed by atoms with E-state index in [0.717, 1.165) is 12.1 Å². The van der Waals surface area contributed by atoms with E-state index in [1.165, 1.54) is 0 Å². The molecule has 3 aromatic rings. The van der Waals surface area contributed by atoms with E-state index in [9.17, 15) is 9.59 Å². The average molecular weight is 482 g/mol. The molecule has 0 fully saturated rings. The number of hydrogen-bond acceptors (Lipinski definition) is 5. The molecule has 0 spiro atoms. The number of aromatic carboxylic acids is 1. The molecule has 3 rings (SSSR count). The first-order valence-corrected chi connectivity index (χ1v) is 11.2. The van der Waals surface area contributed by atoms with Gasteiger partial charge in [0.2, 0.25) is 5.91 Å². The molecule has 0 aromatic heterocycles. The second kappa shape index (κ2) is 12.2. The molecule has 0 saturated carbocycles. The number of halogens is 1. The van der Waals surface area contributed by atoms with E-state index in [1.54, 1.807) is 60.7 Å². The number of carbonyl (C=O) groups excluding carboxylic acids is 1. The van der Waals surface area contributed by atoms with Crippen molar-refractivity contribution in [2.75, 3.05) is 39.0 Å². The van der Waals surface area contributed by atoms with Crippen LogP contribution < -0.4 is 10.1 Å². The summed E-state index contributed by atoms with van der Waals surface area (Å²) in [6.45, 7) is 2.45. The largest absolute Gasteiger partial charge is 0.478 e. The lowest BCUT2D eigenvalue weighted by atomic mass is 10.1. The fourth-order valence-corrected chi connectivity index (χ4v) is 3.38. The summed E-state index contributed by atoms with van der Waals surface area (Å²) in [5.74, 6) is 0.325. The Morgan fingerprint density at radius 2 is 1.41 bits per heavy atom. The first-order chi connectivity index (χ1) is 16.3. The molecular weight excluding hydrogens is 454 g/mol. The van der Waals surface area contributed by atoms with Crippen LogP contribution in [0.5, 0.6) is 11.5 Å². The summed E-state index contributed by atoms with van der Waals surface area (Å²) in [5, 5.41) is 12.5. The summed E-state index contributed by atoms with van der Waals surface area (Å²) in [7, 11) is 3.89. The van der Waals surface area contributed by atoms with Gasteiger partial charge < -0.3 is 20.1 Å². The summed E-state index contributed by atoms with van der Waals surface area (Å²) in [5.41, 5.74) is 2.01. The highest BCUT2D eigenvalue weighted by Crippen LogP contribution is 2.24. The maximum absolute atomic E-state index is 12.4. The summed E-state index contributed by atoms with van der Waals surface area (Å²) in [4.78, 5) is 27.4. The minimum atomic E-state index is -0.929. The summed E-state index contributed by atoms with van der Waals surface area (Å²) in [6.07, 6.45) is 0. The van der Waals surface area contributed by atoms with Crippen LogP contribution in [0.3, 0.4) is 0 Å². The van der Waals surface area contributed by atoms with Crippen molar-refractivity contribution in [1.82, 2.24) is 9.80 Å². The molecule has 7 nitrogen and oxygen atoms in total. The van der Waals surface area contributed by atoms with E-state index in [2.05, 4.69) is 10.2 Å². The lowest BCUT2D eigenvalue weighted by Gasteiger charge is -2.22. The van der Waals surface area contributed by atoms with Crippen LogP contribution in [0.2, 0.25) is 5.02 Å². The fraction of sp³-hybridized carbons (Fsp3) is 0.231. The summed E-state index contributed by atoms with van der Waals surface area (Å²) >= 11 is 5.88. The van der Waals surface area contributed by atoms with Crippen LogP contribution in [-0.4, -0.2) is 60.5 Å². The third kappa shape index (κ3) is 8.19. The number of nitrogens with zero attached hydrogens (tertiary/aromatic N) is 2. The molecule has 178 valence electrons. The van der Waals surface area contributed by atoms with E-state index < -0.39 is 5.97 Å². The zero-order valence-electron chi connectivity index (χ0n) is 19.2. The number of carbonyl (C=O) groups is 2. The molecule has 3 aromatic carbocycles. The van der Waals surface area contributed by atoms with Crippen LogP contribution in [0.4, 0.5) is 5.69 Å². The Hall–Kier alpha value is -3.39. The second-order valence-electron chi connectivity index (χ2n) is 8.11. The number of carboxylic acids is 1. The first-order valence-electron chi connectivity index (χ1n) is 10.8. The predicted octanol–water partition coefficient (Wildman–Crippen LogP) is 4.83. The molecule has 0 aliphatic rings. The Morgan fingerprint density at radius 1 is 0.853 bits per heavy atom. The summed E-state index contributed by atoms with van der Waals surface area (Å²) in [6, 6.07) is 21.2. The molecular formula is C26H28ClN3O4. The number of nitrogens with one attached hydrogen (secondary N) is 1. The van der Waals surface area contributed by atoms with E-state index >= 15 is 0 Å². The van der Waals surface area contributed by atoms with Gasteiger partial charge >= 0.3 is 5.97 Å². The van der Waals surface area contributed by atoms with Gasteiger partial charge in [0.15, 0.2) is 0 Å². The van der Waals surface area contributed by atoms with Crippen LogP contribution in [-0.2, 0) is 11.3 Å². The van der Waals surface area contributed by atoms with Crippen molar-refractivity contribution in [3.63, 3.8) is 0 Å². The van der Waals surface area contributed by atoms with Gasteiger partial charge in [0.25, 0.3) is 0 Å². The topological polar surface area (TPSA) is 82.1 Å². The van der Waals surface area contributed by atoms with Gasteiger partial charge in [0, 0.05) is 30.3 Å². The highest BCUT2D eigenvalue weighted by atomic mass is 35.5. The number of rotatable bonds is 11. The second-order valence-corrected chi connectivity index (χ2v) is 8.54. The number of ether oxygens (including phenoxy) is 1. The molecule has 1 amide bonds. The van der Waals surface area contributed by atoms with Crippen molar-refractivity contribution < 1.29 is 19.4 Å². The van der Waals surface area contributed by atoms with Gasteiger partial charge in [-0.3, -0.25) is 9.69 Å². The lowest BCUT2D eigenvalue weighted by molar-refractivity contribution is -0.117. The highest BCUT2D eigenvalue weighted by molar-refractivity contribution is 6.30. The van der Waals surface area contributed by atoms with Crippen molar-refractivity contribution in [3.8, 4) is 11.5 Å². The zero-order valence-corrected chi connectivity index (χ0v) is 20.0. The van der Waals surface area contributed by atoms with Gasteiger partial charge in [-0.1, -0.05) is 23.7 Å². The monoisotopic (exact) mass is 481 g/mol. The molecule has 8 heteroatoms. The molecule has 0 aliphatic heterocycles. The van der Waals surface area contributed by atoms with Gasteiger partial charge in [-0.15, -0.1) is 0 Å². The molecule has 0 saturated heterocycles. The number of anilines is 1. The maximum atomic E-state index is 12.4. The summed E-state index contributed by atoms with van der Waals surface area (Å²) < 4.78 is 5.76. The van der Waals surface area contributed by atoms with Gasteiger partial charge in [-0.2, -0.15) is 0 Å². The minimum Gasteiger partial charge on any atom is -0.478 e. The van der Waals surface area contributed by atoms with Gasteiger partial charge in [0.05, 0.1) is 12.1 Å². The fourth-order valence-electron chi connectivity index (χ4n) is 3.25. The number of amides is 1. The van der Waals surface area contributed by atoms with Crippen molar-refractivity contribution >= 4 is 29.2 Å². The maximum Gasteiger partial charge on any atom is 0.335 e. The van der Waals surface area contributed by atoms with E-state index in [0.29, 0.717) is 35.3 Å². The Morgan fingerprint density at radius 3 is 2.00 bits per heavy atom. The molecule has 34 heavy (non-hydrogen) atoms. The number of hydrogen-bond donors (Lipinski definition) is 2. The Kier molecular flexibility index (Phi) is 9.04. The molecule has 2 N–H and O–H groups in total. The standard InChI is InChI=1S/C26H28ClN3O4/c1-29(17-19-3-5-20(6-4-19)26(32)33)15-16-30(2)18-25(31)28-22-9-13-24(14-10-22)34-23-11-7-21(27)8-12-23/h3-14H,15-18H2,1-2H3,(H,28,31)(H,32,33). The molecule has 0 bridgehead atoms. The van der Waals surface area contributed by atoms with Crippen molar-refractivity contribution in [1.29, 1.82) is 0 Å². The van der Waals surface area contributed by atoms with Gasteiger partial charge in [-0.05, 0) is 80.3 Å². The van der Waals surface area contributed by atoms with Crippen LogP contribution in [0, 0.1) is 0 Å². The normalized spacial score (nSPS) is 11.0. The SMILES string of the molecule is CN(CCN(C)Cc1ccc(C(=O)O)cc1)CC(=O)Nc1ccc(Oc2ccc(Cl)cc2)cc1. The third-order valence-corrected chi connectivity index (χ3v) is 5.37. The van der Waals surface area contributed by atoms with Crippen molar-refractivity contribution in [3.05, 3.63) is 88.9 Å². The lowest BCUT2D eigenvalue weighted by Crippen LogP contribution is -2.35. The Labute approximate surface area is 204 Å². The quantitative estimate of drug-likeness (QED) is 0.408. The van der Waals surface area contributed by atoms with Crippen LogP contribution in [0.1, 0.15) is 15.9 Å². The number of benzene rings is 3. The van der Waals surface area contributed by atoms with Gasteiger partial charge in [-0.25, -0.2) is 4.79 Å². The Bertz CT molecular complexity index is 1090. The molecule has 0 atom stereocenters. The van der Waals surface area contributed by atoms with Crippen molar-refractivity contribution in [2.45, 2.75) is 6.54 Å². The van der Waals surface area contributed by atoms with E-state index in [-0.39, 0.29) is 18.0 Å². The van der Waals surface area contributed by atoms with E-state index in [1.807, 2.05) is 31.1 Å². The number of likely N-dealkylation sites (N-methyl/N-ethyl adjacent to an activating group) is 2. The van der Waals surface area contributed by atoms with Crippen molar-refractivity contribution in [2.24, 2.45) is 0 Å². The number of carboxylic acid groups (broad SMARTS) is 1. The van der Waals surface area contributed by atoms with Crippen LogP contribution >= 0.6 is 11.6 Å². The first kappa shape index (κ1) is 25.2. The molecule has 0 heterocycles. The van der Waals surface area contributed by atoms with Crippen LogP contribution in [0.25, 0.3) is 0 Å². The minimum absolute atomic E-state index is 0.0965. The van der Waals surface area contributed by atoms with Crippen LogP contribution in [0.15, 0.2) is 72.8 Å². The molecule has 0 radical (unpaired) electrons. The Balaban J connectivity index is 1.39. The predicted molar refractivity (Wildman–Crippen MR) is 134 cm³/mol. The molecule has 0 aliphatic carbocycles. The average Bonchev–Trinajstić information content (AvgIpc) is 2.81.